The molecule has 4 nitrogen and oxygen atoms in total. The zero-order valence-electron chi connectivity index (χ0n) is 14.9. The Kier molecular flexibility index (Phi) is 4.26. The predicted molar refractivity (Wildman–Crippen MR) is 105 cm³/mol. The molecule has 0 saturated carbocycles. The van der Waals surface area contributed by atoms with Crippen LogP contribution in [0, 0.1) is 13.8 Å². The summed E-state index contributed by atoms with van der Waals surface area (Å²) in [7, 11) is 0. The fraction of sp³-hybridized carbons (Fsp3) is 0.333. The highest BCUT2D eigenvalue weighted by molar-refractivity contribution is 5.90. The molecule has 0 unspecified atom stereocenters. The van der Waals surface area contributed by atoms with Gasteiger partial charge in [-0.3, -0.25) is 0 Å². The van der Waals surface area contributed by atoms with E-state index in [1.54, 1.807) is 0 Å². The Morgan fingerprint density at radius 2 is 1.68 bits per heavy atom. The van der Waals surface area contributed by atoms with E-state index in [1.807, 2.05) is 6.07 Å². The van der Waals surface area contributed by atoms with Gasteiger partial charge in [0.25, 0.3) is 0 Å². The molecule has 25 heavy (non-hydrogen) atoms. The van der Waals surface area contributed by atoms with Gasteiger partial charge in [0, 0.05) is 24.2 Å². The molecule has 4 rings (SSSR count). The largest absolute Gasteiger partial charge is 0.356 e. The van der Waals surface area contributed by atoms with Gasteiger partial charge in [0.15, 0.2) is 0 Å². The quantitative estimate of drug-likeness (QED) is 0.734. The lowest BCUT2D eigenvalue weighted by Gasteiger charge is -2.29. The summed E-state index contributed by atoms with van der Waals surface area (Å²) in [4.78, 5) is 12.0. The van der Waals surface area contributed by atoms with Gasteiger partial charge in [-0.2, -0.15) is 4.98 Å². The number of hydrogen-bond acceptors (Lipinski definition) is 4. The molecule has 4 heteroatoms. The number of rotatable bonds is 3. The second-order valence-electron chi connectivity index (χ2n) is 6.86. The van der Waals surface area contributed by atoms with Gasteiger partial charge in [0.1, 0.15) is 5.82 Å². The van der Waals surface area contributed by atoms with Gasteiger partial charge in [-0.1, -0.05) is 18.2 Å². The number of nitrogens with one attached hydrogen (secondary N) is 1. The van der Waals surface area contributed by atoms with E-state index in [1.165, 1.54) is 30.4 Å². The lowest BCUT2D eigenvalue weighted by molar-refractivity contribution is 0.575. The zero-order valence-corrected chi connectivity index (χ0v) is 14.9. The second kappa shape index (κ2) is 6.71. The average molecular weight is 332 g/mol. The molecule has 0 atom stereocenters. The molecule has 2 aromatic carbocycles. The SMILES string of the molecule is Cc1ccc(Nc2nc(N3CCCCC3)c3ccccc3n2)cc1C. The average Bonchev–Trinajstić information content (AvgIpc) is 2.65. The first kappa shape index (κ1) is 15.9. The highest BCUT2D eigenvalue weighted by Gasteiger charge is 2.17. The van der Waals surface area contributed by atoms with E-state index < -0.39 is 0 Å². The second-order valence-corrected chi connectivity index (χ2v) is 6.86. The minimum absolute atomic E-state index is 0.669. The van der Waals surface area contributed by atoms with Crippen LogP contribution in [0.1, 0.15) is 30.4 Å². The summed E-state index contributed by atoms with van der Waals surface area (Å²) in [6.45, 7) is 6.40. The Bertz CT molecular complexity index is 898. The fourth-order valence-corrected chi connectivity index (χ4v) is 3.41. The summed E-state index contributed by atoms with van der Waals surface area (Å²) in [6.07, 6.45) is 3.78. The molecule has 0 spiro atoms. The normalized spacial score (nSPS) is 14.7. The Morgan fingerprint density at radius 3 is 2.48 bits per heavy atom. The number of nitrogens with zero attached hydrogens (tertiary/aromatic N) is 3. The van der Waals surface area contributed by atoms with Crippen molar-refractivity contribution in [2.75, 3.05) is 23.3 Å². The van der Waals surface area contributed by atoms with Crippen molar-refractivity contribution in [3.05, 3.63) is 53.6 Å². The van der Waals surface area contributed by atoms with Crippen molar-refractivity contribution < 1.29 is 0 Å². The number of aromatic nitrogens is 2. The summed E-state index contributed by atoms with van der Waals surface area (Å²) >= 11 is 0. The lowest BCUT2D eigenvalue weighted by atomic mass is 10.1. The Morgan fingerprint density at radius 1 is 0.880 bits per heavy atom. The summed E-state index contributed by atoms with van der Waals surface area (Å²) in [5.74, 6) is 1.72. The Labute approximate surface area is 148 Å². The van der Waals surface area contributed by atoms with Crippen molar-refractivity contribution in [3.63, 3.8) is 0 Å². The fourth-order valence-electron chi connectivity index (χ4n) is 3.41. The van der Waals surface area contributed by atoms with Crippen molar-refractivity contribution >= 4 is 28.4 Å². The van der Waals surface area contributed by atoms with Crippen LogP contribution in [0.3, 0.4) is 0 Å². The molecular weight excluding hydrogens is 308 g/mol. The third-order valence-electron chi connectivity index (χ3n) is 5.00. The molecular formula is C21H24N4. The minimum Gasteiger partial charge on any atom is -0.356 e. The monoisotopic (exact) mass is 332 g/mol. The molecule has 1 aromatic heterocycles. The van der Waals surface area contributed by atoms with Gasteiger partial charge < -0.3 is 10.2 Å². The third-order valence-corrected chi connectivity index (χ3v) is 5.00. The highest BCUT2D eigenvalue weighted by atomic mass is 15.2. The lowest BCUT2D eigenvalue weighted by Crippen LogP contribution is -2.30. The predicted octanol–water partition coefficient (Wildman–Crippen LogP) is 4.98. The number of benzene rings is 2. The maximum absolute atomic E-state index is 4.88. The first-order chi connectivity index (χ1) is 12.2. The van der Waals surface area contributed by atoms with E-state index in [0.717, 1.165) is 35.5 Å². The van der Waals surface area contributed by atoms with Crippen molar-refractivity contribution in [2.45, 2.75) is 33.1 Å². The van der Waals surface area contributed by atoms with Crippen molar-refractivity contribution in [1.29, 1.82) is 0 Å². The maximum atomic E-state index is 4.88. The van der Waals surface area contributed by atoms with Gasteiger partial charge in [-0.25, -0.2) is 4.98 Å². The molecule has 0 aliphatic carbocycles. The summed E-state index contributed by atoms with van der Waals surface area (Å²) in [6, 6.07) is 14.7. The summed E-state index contributed by atoms with van der Waals surface area (Å²) in [5, 5.41) is 4.53. The van der Waals surface area contributed by atoms with Gasteiger partial charge >= 0.3 is 0 Å². The van der Waals surface area contributed by atoms with Crippen LogP contribution in [0.2, 0.25) is 0 Å². The molecule has 0 amide bonds. The van der Waals surface area contributed by atoms with Crippen LogP contribution < -0.4 is 10.2 Å². The number of fused-ring (bicyclic) bond motifs is 1. The van der Waals surface area contributed by atoms with Crippen LogP contribution in [0.4, 0.5) is 17.5 Å². The smallest absolute Gasteiger partial charge is 0.229 e. The Hall–Kier alpha value is -2.62. The van der Waals surface area contributed by atoms with Gasteiger partial charge in [0.2, 0.25) is 5.95 Å². The summed E-state index contributed by atoms with van der Waals surface area (Å²) < 4.78 is 0. The van der Waals surface area contributed by atoms with Crippen LogP contribution in [0.25, 0.3) is 10.9 Å². The van der Waals surface area contributed by atoms with Gasteiger partial charge in [0.05, 0.1) is 5.52 Å². The summed E-state index contributed by atoms with van der Waals surface area (Å²) in [5.41, 5.74) is 4.58. The molecule has 1 aliphatic rings. The number of anilines is 3. The Balaban J connectivity index is 1.74. The molecule has 2 heterocycles. The van der Waals surface area contributed by atoms with E-state index >= 15 is 0 Å². The van der Waals surface area contributed by atoms with E-state index in [0.29, 0.717) is 5.95 Å². The van der Waals surface area contributed by atoms with E-state index in [9.17, 15) is 0 Å². The van der Waals surface area contributed by atoms with Crippen LogP contribution in [-0.2, 0) is 0 Å². The standard InChI is InChI=1S/C21H24N4/c1-15-10-11-17(14-16(15)2)22-21-23-19-9-5-4-8-18(19)20(24-21)25-12-6-3-7-13-25/h4-5,8-11,14H,3,6-7,12-13H2,1-2H3,(H,22,23,24). The van der Waals surface area contributed by atoms with E-state index in [4.69, 9.17) is 9.97 Å². The van der Waals surface area contributed by atoms with E-state index in [-0.39, 0.29) is 0 Å². The topological polar surface area (TPSA) is 41.1 Å². The molecule has 1 aliphatic heterocycles. The van der Waals surface area contributed by atoms with Crippen LogP contribution in [0.5, 0.6) is 0 Å². The number of aryl methyl sites for hydroxylation is 2. The van der Waals surface area contributed by atoms with E-state index in [2.05, 4.69) is 60.5 Å². The van der Waals surface area contributed by atoms with Gasteiger partial charge in [-0.15, -0.1) is 0 Å². The number of piperidine rings is 1. The molecule has 0 radical (unpaired) electrons. The molecule has 128 valence electrons. The van der Waals surface area contributed by atoms with Crippen molar-refractivity contribution in [2.24, 2.45) is 0 Å². The minimum atomic E-state index is 0.669. The first-order valence-electron chi connectivity index (χ1n) is 9.07. The molecule has 1 saturated heterocycles. The van der Waals surface area contributed by atoms with Crippen molar-refractivity contribution in [1.82, 2.24) is 9.97 Å². The van der Waals surface area contributed by atoms with Crippen LogP contribution in [-0.4, -0.2) is 23.1 Å². The van der Waals surface area contributed by atoms with Crippen molar-refractivity contribution in [3.8, 4) is 0 Å². The number of para-hydroxylation sites is 1. The van der Waals surface area contributed by atoms with Crippen LogP contribution >= 0.6 is 0 Å². The molecule has 3 aromatic rings. The molecule has 1 N–H and O–H groups in total. The highest BCUT2D eigenvalue weighted by Crippen LogP contribution is 2.28. The zero-order chi connectivity index (χ0) is 17.2. The maximum Gasteiger partial charge on any atom is 0.229 e. The first-order valence-corrected chi connectivity index (χ1v) is 9.07. The van der Waals surface area contributed by atoms with Gasteiger partial charge in [-0.05, 0) is 68.5 Å². The molecule has 0 bridgehead atoms. The molecule has 1 fully saturated rings. The third kappa shape index (κ3) is 3.29. The van der Waals surface area contributed by atoms with Crippen LogP contribution in [0.15, 0.2) is 42.5 Å². The number of hydrogen-bond donors (Lipinski definition) is 1.